The quantitative estimate of drug-likeness (QED) is 0.306. The fraction of sp³-hybridized carbons (Fsp3) is 0.500. The van der Waals surface area contributed by atoms with E-state index < -0.39 is 10.4 Å². The second-order valence-corrected chi connectivity index (χ2v) is 4.75. The number of hydrogen-bond donors (Lipinski definition) is 0. The topological polar surface area (TPSA) is 43.4 Å². The zero-order chi connectivity index (χ0) is 9.78. The van der Waals surface area contributed by atoms with Crippen LogP contribution in [0, 0.1) is 0 Å². The van der Waals surface area contributed by atoms with Gasteiger partial charge in [0.2, 0.25) is 0 Å². The minimum atomic E-state index is -0.688. The Kier molecular flexibility index (Phi) is 4.23. The molecular weight excluding hydrogens is 217 g/mol. The van der Waals surface area contributed by atoms with Crippen LogP contribution in [0.1, 0.15) is 20.3 Å². The van der Waals surface area contributed by atoms with Crippen molar-refractivity contribution in [1.29, 1.82) is 0 Å². The van der Waals surface area contributed by atoms with E-state index in [2.05, 4.69) is 6.58 Å². The Morgan fingerprint density at radius 3 is 2.50 bits per heavy atom. The molecule has 0 fully saturated rings. The first-order chi connectivity index (χ1) is 5.37. The van der Waals surface area contributed by atoms with Crippen LogP contribution in [-0.2, 0) is 14.3 Å². The molecule has 0 aromatic rings. The van der Waals surface area contributed by atoms with E-state index in [4.69, 9.17) is 4.74 Å². The first-order valence-electron chi connectivity index (χ1n) is 3.47. The summed E-state index contributed by atoms with van der Waals surface area (Å²) in [7, 11) is 0. The van der Waals surface area contributed by atoms with Crippen LogP contribution in [0.15, 0.2) is 12.7 Å². The van der Waals surface area contributed by atoms with Crippen molar-refractivity contribution in [3.63, 3.8) is 0 Å². The molecule has 0 aliphatic rings. The van der Waals surface area contributed by atoms with Crippen molar-refractivity contribution in [2.75, 3.05) is 0 Å². The Bertz CT molecular complexity index is 208. The van der Waals surface area contributed by atoms with E-state index in [1.165, 1.54) is 13.0 Å². The van der Waals surface area contributed by atoms with Crippen LogP contribution >= 0.6 is 0 Å². The number of ether oxygens (including phenoxy) is 1. The first-order valence-corrected chi connectivity index (χ1v) is 4.52. The van der Waals surface area contributed by atoms with Crippen molar-refractivity contribution < 1.29 is 14.3 Å². The molecule has 0 aliphatic carbocycles. The van der Waals surface area contributed by atoms with E-state index in [1.807, 2.05) is 0 Å². The van der Waals surface area contributed by atoms with Gasteiger partial charge in [-0.3, -0.25) is 0 Å². The third kappa shape index (κ3) is 5.12. The van der Waals surface area contributed by atoms with E-state index in [0.29, 0.717) is 0 Å². The van der Waals surface area contributed by atoms with Crippen LogP contribution < -0.4 is 0 Å². The number of Topliss-reactive ketones (excluding diaryl/α,β-unsaturated/α-hetero) is 1. The molecule has 0 saturated carbocycles. The fourth-order valence-corrected chi connectivity index (χ4v) is 0.756. The summed E-state index contributed by atoms with van der Waals surface area (Å²) < 4.78 is 4.23. The number of hydrogen-bond acceptors (Lipinski definition) is 3. The summed E-state index contributed by atoms with van der Waals surface area (Å²) in [5.74, 6) is -0.702. The summed E-state index contributed by atoms with van der Waals surface area (Å²) in [6, 6.07) is 0. The summed E-state index contributed by atoms with van der Waals surface area (Å²) >= 11 is 1.71. The maximum absolute atomic E-state index is 10.9. The van der Waals surface area contributed by atoms with Crippen LogP contribution in [0.2, 0.25) is 0 Å². The van der Waals surface area contributed by atoms with Crippen LogP contribution in [-0.4, -0.2) is 32.7 Å². The van der Waals surface area contributed by atoms with Gasteiger partial charge in [-0.25, -0.2) is 0 Å². The normalized spacial score (nSPS) is 14.6. The molecule has 65 valence electrons. The summed E-state index contributed by atoms with van der Waals surface area (Å²) in [5.41, 5.74) is 0. The molecular formula is C8H11GeO3. The number of carbonyl (C=O) groups is 2. The third-order valence-electron chi connectivity index (χ3n) is 1.11. The zero-order valence-corrected chi connectivity index (χ0v) is 9.31. The summed E-state index contributed by atoms with van der Waals surface area (Å²) in [4.78, 5) is 21.4. The van der Waals surface area contributed by atoms with E-state index in [1.54, 1.807) is 23.4 Å². The Morgan fingerprint density at radius 2 is 2.17 bits per heavy atom. The molecule has 4 heteroatoms. The average Bonchev–Trinajstić information content (AvgIpc) is 1.84. The molecule has 1 unspecified atom stereocenters. The molecule has 0 saturated heterocycles. The van der Waals surface area contributed by atoms with Gasteiger partial charge in [0.05, 0.1) is 0 Å². The van der Waals surface area contributed by atoms with Gasteiger partial charge >= 0.3 is 79.9 Å². The molecule has 1 atom stereocenters. The van der Waals surface area contributed by atoms with Gasteiger partial charge in [-0.15, -0.1) is 0 Å². The first kappa shape index (κ1) is 11.4. The molecule has 12 heavy (non-hydrogen) atoms. The fourth-order valence-electron chi connectivity index (χ4n) is 0.517. The predicted octanol–water partition coefficient (Wildman–Crippen LogP) is 0.579. The van der Waals surface area contributed by atoms with E-state index >= 15 is 0 Å². The molecule has 0 heterocycles. The van der Waals surface area contributed by atoms with Gasteiger partial charge in [0.15, 0.2) is 0 Å². The van der Waals surface area contributed by atoms with Crippen molar-refractivity contribution in [1.82, 2.24) is 0 Å². The second-order valence-electron chi connectivity index (χ2n) is 2.66. The molecule has 0 N–H and O–H groups in total. The van der Waals surface area contributed by atoms with Gasteiger partial charge < -0.3 is 0 Å². The van der Waals surface area contributed by atoms with Gasteiger partial charge in [0.1, 0.15) is 0 Å². The van der Waals surface area contributed by atoms with E-state index in [0.717, 1.165) is 0 Å². The number of esters is 1. The molecule has 3 radical (unpaired) electrons. The number of rotatable bonds is 4. The van der Waals surface area contributed by atoms with Crippen molar-refractivity contribution in [2.24, 2.45) is 0 Å². The van der Waals surface area contributed by atoms with Gasteiger partial charge in [0, 0.05) is 0 Å². The van der Waals surface area contributed by atoms with Crippen molar-refractivity contribution >= 4 is 28.3 Å². The average molecular weight is 228 g/mol. The van der Waals surface area contributed by atoms with E-state index in [9.17, 15) is 9.59 Å². The Hall–Kier alpha value is -0.577. The van der Waals surface area contributed by atoms with Crippen molar-refractivity contribution in [3.8, 4) is 0 Å². The van der Waals surface area contributed by atoms with Gasteiger partial charge in [-0.05, 0) is 0 Å². The van der Waals surface area contributed by atoms with Crippen LogP contribution in [0.25, 0.3) is 0 Å². The van der Waals surface area contributed by atoms with Gasteiger partial charge in [0.25, 0.3) is 0 Å². The molecule has 0 aromatic heterocycles. The number of carbonyl (C=O) groups excluding carboxylic acids is 2. The maximum atomic E-state index is 10.9. The zero-order valence-electron chi connectivity index (χ0n) is 7.22. The third-order valence-corrected chi connectivity index (χ3v) is 1.75. The Morgan fingerprint density at radius 1 is 1.67 bits per heavy atom. The van der Waals surface area contributed by atoms with Crippen molar-refractivity contribution in [3.05, 3.63) is 12.7 Å². The number of ketones is 1. The van der Waals surface area contributed by atoms with Crippen LogP contribution in [0.3, 0.4) is 0 Å². The summed E-state index contributed by atoms with van der Waals surface area (Å²) in [6.45, 7) is 6.56. The standard InChI is InChI=1S/C8H11GeO3/c1-4-8(3,9)12-7(11)5-6(2)10/h4H,1,5H2,2-3H3. The summed E-state index contributed by atoms with van der Waals surface area (Å²) in [5, 5.41) is 0. The summed E-state index contributed by atoms with van der Waals surface area (Å²) in [6.07, 6.45) is 1.35. The van der Waals surface area contributed by atoms with Gasteiger partial charge in [-0.2, -0.15) is 0 Å². The van der Waals surface area contributed by atoms with Gasteiger partial charge in [-0.1, -0.05) is 0 Å². The van der Waals surface area contributed by atoms with Crippen LogP contribution in [0.5, 0.6) is 0 Å². The monoisotopic (exact) mass is 229 g/mol. The Balaban J connectivity index is 4.00. The molecule has 0 rings (SSSR count). The molecule has 0 aromatic carbocycles. The minimum absolute atomic E-state index is 0.169. The molecule has 0 spiro atoms. The molecule has 0 amide bonds. The second kappa shape index (κ2) is 4.45. The molecule has 0 bridgehead atoms. The van der Waals surface area contributed by atoms with E-state index in [-0.39, 0.29) is 12.2 Å². The van der Waals surface area contributed by atoms with Crippen LogP contribution in [0.4, 0.5) is 0 Å². The SMILES string of the molecule is C=C[C](C)([Ge])OC(=O)CC(C)=O. The molecule has 0 aliphatic heterocycles. The van der Waals surface area contributed by atoms with Crippen molar-refractivity contribution in [2.45, 2.75) is 24.7 Å². The Labute approximate surface area is 80.4 Å². The molecule has 3 nitrogen and oxygen atoms in total. The predicted molar refractivity (Wildman–Crippen MR) is 45.7 cm³/mol.